The van der Waals surface area contributed by atoms with Gasteiger partial charge in [0.15, 0.2) is 0 Å². The maximum absolute atomic E-state index is 12.6. The fourth-order valence-electron chi connectivity index (χ4n) is 7.15. The molecule has 6 rings (SSSR count). The first-order valence-corrected chi connectivity index (χ1v) is 16.8. The number of benzene rings is 2. The van der Waals surface area contributed by atoms with Gasteiger partial charge in [-0.15, -0.1) is 0 Å². The first-order chi connectivity index (χ1) is 23.0. The van der Waals surface area contributed by atoms with E-state index in [1.54, 1.807) is 6.07 Å². The van der Waals surface area contributed by atoms with Crippen LogP contribution in [-0.2, 0) is 0 Å². The van der Waals surface area contributed by atoms with E-state index in [9.17, 15) is 22.8 Å². The maximum Gasteiger partial charge on any atom is 0.405 e. The predicted molar refractivity (Wildman–Crippen MR) is 186 cm³/mol. The Morgan fingerprint density at radius 1 is 0.896 bits per heavy atom. The van der Waals surface area contributed by atoms with Gasteiger partial charge in [-0.1, -0.05) is 72.3 Å². The molecule has 3 aromatic carbocycles. The van der Waals surface area contributed by atoms with Crippen molar-refractivity contribution in [2.45, 2.75) is 56.9 Å². The number of nitrogens with one attached hydrogen (secondary N) is 2. The molecule has 254 valence electrons. The number of hydrogen-bond acceptors (Lipinski definition) is 8. The lowest BCUT2D eigenvalue weighted by Gasteiger charge is -2.49. The summed E-state index contributed by atoms with van der Waals surface area (Å²) in [5.41, 5.74) is 0.475. The van der Waals surface area contributed by atoms with Gasteiger partial charge in [0.25, 0.3) is 10.9 Å². The van der Waals surface area contributed by atoms with E-state index in [4.69, 9.17) is 11.6 Å². The molecule has 3 heterocycles. The zero-order chi connectivity index (χ0) is 34.0. The number of piperidine rings is 1. The average Bonchev–Trinajstić information content (AvgIpc) is 3.08. The molecule has 0 spiro atoms. The number of nitrogens with zero attached hydrogens (tertiary/aromatic N) is 4. The Morgan fingerprint density at radius 3 is 2.08 bits per heavy atom. The molecule has 0 bridgehead atoms. The molecule has 0 saturated carbocycles. The Hall–Kier alpha value is -3.93. The van der Waals surface area contributed by atoms with Gasteiger partial charge in [0.05, 0.1) is 16.9 Å². The topological polar surface area (TPSA) is 80.8 Å². The fourth-order valence-corrected chi connectivity index (χ4v) is 7.42. The van der Waals surface area contributed by atoms with E-state index in [1.165, 1.54) is 17.3 Å². The van der Waals surface area contributed by atoms with E-state index >= 15 is 0 Å². The Kier molecular flexibility index (Phi) is 10.1. The third kappa shape index (κ3) is 7.53. The van der Waals surface area contributed by atoms with Gasteiger partial charge in [-0.25, -0.2) is 4.98 Å². The summed E-state index contributed by atoms with van der Waals surface area (Å²) in [6.45, 7) is 7.63. The van der Waals surface area contributed by atoms with Crippen LogP contribution in [0.1, 0.15) is 43.7 Å². The molecular formula is C36H40ClF3N6O2. The van der Waals surface area contributed by atoms with Crippen molar-refractivity contribution in [1.82, 2.24) is 14.8 Å². The molecule has 0 radical (unpaired) electrons. The van der Waals surface area contributed by atoms with Crippen molar-refractivity contribution in [2.24, 2.45) is 0 Å². The molecule has 12 heteroatoms. The molecule has 48 heavy (non-hydrogen) atoms. The Labute approximate surface area is 283 Å². The van der Waals surface area contributed by atoms with Crippen LogP contribution in [0, 0.1) is 0 Å². The van der Waals surface area contributed by atoms with E-state index in [0.29, 0.717) is 28.5 Å². The normalized spacial score (nSPS) is 20.0. The molecule has 0 amide bonds. The van der Waals surface area contributed by atoms with Crippen LogP contribution < -0.4 is 26.4 Å². The second-order valence-corrected chi connectivity index (χ2v) is 13.4. The lowest BCUT2D eigenvalue weighted by Crippen LogP contribution is -2.61. The van der Waals surface area contributed by atoms with Gasteiger partial charge >= 0.3 is 6.18 Å². The van der Waals surface area contributed by atoms with Crippen LogP contribution in [0.2, 0.25) is 5.02 Å². The highest BCUT2D eigenvalue weighted by Gasteiger charge is 2.36. The standard InChI is InChI=1S/C36H40ClF3N6O2/c1-23-20-46(35-30(37)17-27(18-41-35)43-32-31(33(47)34(32)48)42-22-36(38,39)40)24(2)19-45(23)28-13-15-44(16-14-28)21-29(25-9-5-3-6-10-25)26-11-7-4-8-12-26/h3-12,17-18,23-24,28-29,42-43H,13-16,19-22H2,1-2H3/t23-,24+/m1/s1. The van der Waals surface area contributed by atoms with Gasteiger partial charge < -0.3 is 20.4 Å². The number of piperazine rings is 1. The van der Waals surface area contributed by atoms with Gasteiger partial charge in [0.2, 0.25) is 0 Å². The minimum Gasteiger partial charge on any atom is -0.371 e. The minimum absolute atomic E-state index is 0.135. The largest absolute Gasteiger partial charge is 0.405 e. The van der Waals surface area contributed by atoms with Crippen LogP contribution in [0.15, 0.2) is 82.5 Å². The monoisotopic (exact) mass is 680 g/mol. The molecule has 1 aromatic heterocycles. The highest BCUT2D eigenvalue weighted by molar-refractivity contribution is 6.33. The Balaban J connectivity index is 1.06. The van der Waals surface area contributed by atoms with E-state index in [2.05, 4.69) is 99.5 Å². The van der Waals surface area contributed by atoms with E-state index in [0.717, 1.165) is 45.6 Å². The summed E-state index contributed by atoms with van der Waals surface area (Å²) in [4.78, 5) is 35.9. The summed E-state index contributed by atoms with van der Waals surface area (Å²) in [7, 11) is 0. The Morgan fingerprint density at radius 2 is 1.50 bits per heavy atom. The van der Waals surface area contributed by atoms with Crippen LogP contribution in [0.5, 0.6) is 0 Å². The quantitative estimate of drug-likeness (QED) is 0.191. The van der Waals surface area contributed by atoms with Crippen LogP contribution in [0.4, 0.5) is 36.1 Å². The SMILES string of the molecule is C[C@@H]1CN(c2ncc(Nc3c(NCC(F)(F)F)c(=O)c3=O)cc2Cl)[C@@H](C)CN1C1CCN(CC(c2ccccc2)c2ccccc2)CC1. The van der Waals surface area contributed by atoms with Gasteiger partial charge in [-0.05, 0) is 57.0 Å². The number of anilines is 4. The molecule has 0 unspecified atom stereocenters. The second-order valence-electron chi connectivity index (χ2n) is 13.0. The lowest BCUT2D eigenvalue weighted by atomic mass is 9.89. The molecule has 2 saturated heterocycles. The van der Waals surface area contributed by atoms with E-state index < -0.39 is 29.3 Å². The lowest BCUT2D eigenvalue weighted by molar-refractivity contribution is -0.115. The number of halogens is 4. The van der Waals surface area contributed by atoms with Crippen LogP contribution in [-0.4, -0.2) is 78.4 Å². The maximum atomic E-state index is 12.6. The molecule has 2 atom stereocenters. The van der Waals surface area contributed by atoms with Gasteiger partial charge in [-0.3, -0.25) is 14.5 Å². The van der Waals surface area contributed by atoms with E-state index in [1.807, 2.05) is 5.32 Å². The Bertz CT molecular complexity index is 1720. The molecule has 4 aromatic rings. The van der Waals surface area contributed by atoms with Crippen LogP contribution in [0.3, 0.4) is 0 Å². The number of likely N-dealkylation sites (tertiary alicyclic amines) is 1. The zero-order valence-electron chi connectivity index (χ0n) is 27.0. The molecule has 2 N–H and O–H groups in total. The summed E-state index contributed by atoms with van der Waals surface area (Å²) in [6.07, 6.45) is -0.857. The molecular weight excluding hydrogens is 641 g/mol. The van der Waals surface area contributed by atoms with Crippen molar-refractivity contribution in [3.63, 3.8) is 0 Å². The third-order valence-corrected chi connectivity index (χ3v) is 9.92. The molecule has 2 aliphatic heterocycles. The summed E-state index contributed by atoms with van der Waals surface area (Å²) < 4.78 is 37.9. The minimum atomic E-state index is -4.53. The molecule has 8 nitrogen and oxygen atoms in total. The van der Waals surface area contributed by atoms with Crippen molar-refractivity contribution in [3.8, 4) is 0 Å². The predicted octanol–water partition coefficient (Wildman–Crippen LogP) is 6.24. The van der Waals surface area contributed by atoms with Gasteiger partial charge in [0.1, 0.15) is 23.7 Å². The van der Waals surface area contributed by atoms with Crippen molar-refractivity contribution in [1.29, 1.82) is 0 Å². The first kappa shape index (κ1) is 34.0. The highest BCUT2D eigenvalue weighted by atomic mass is 35.5. The second kappa shape index (κ2) is 14.3. The average molecular weight is 681 g/mol. The smallest absolute Gasteiger partial charge is 0.371 e. The third-order valence-electron chi connectivity index (χ3n) is 9.64. The number of rotatable bonds is 10. The highest BCUT2D eigenvalue weighted by Crippen LogP contribution is 2.34. The summed E-state index contributed by atoms with van der Waals surface area (Å²) in [5, 5.41) is 5.07. The summed E-state index contributed by atoms with van der Waals surface area (Å²) >= 11 is 6.68. The number of alkyl halides is 3. The van der Waals surface area contributed by atoms with Crippen molar-refractivity contribution in [2.75, 3.05) is 54.8 Å². The molecule has 0 aliphatic carbocycles. The van der Waals surface area contributed by atoms with E-state index in [-0.39, 0.29) is 17.8 Å². The number of hydrogen-bond donors (Lipinski definition) is 2. The first-order valence-electron chi connectivity index (χ1n) is 16.4. The summed E-state index contributed by atoms with van der Waals surface area (Å²) in [6, 6.07) is 24.0. The van der Waals surface area contributed by atoms with Gasteiger partial charge in [0, 0.05) is 43.7 Å². The molecule has 2 aliphatic rings. The number of pyridine rings is 1. The van der Waals surface area contributed by atoms with Gasteiger partial charge in [-0.2, -0.15) is 13.2 Å². The van der Waals surface area contributed by atoms with Crippen molar-refractivity contribution < 1.29 is 13.2 Å². The van der Waals surface area contributed by atoms with Crippen molar-refractivity contribution >= 4 is 34.5 Å². The number of aromatic nitrogens is 1. The van der Waals surface area contributed by atoms with Crippen LogP contribution in [0.25, 0.3) is 0 Å². The van der Waals surface area contributed by atoms with Crippen molar-refractivity contribution in [3.05, 3.63) is 110 Å². The zero-order valence-corrected chi connectivity index (χ0v) is 27.8. The summed E-state index contributed by atoms with van der Waals surface area (Å²) in [5.74, 6) is 0.927. The molecule has 2 fully saturated rings. The van der Waals surface area contributed by atoms with Crippen LogP contribution >= 0.6 is 11.6 Å². The fraction of sp³-hybridized carbons (Fsp3) is 0.417.